The average molecular weight is 178 g/mol. The molecule has 0 N–H and O–H groups in total. The molecule has 1 nitrogen and oxygen atoms in total. The number of rotatable bonds is 2. The zero-order valence-corrected chi connectivity index (χ0v) is 9.85. The van der Waals surface area contributed by atoms with Crippen LogP contribution in [0.3, 0.4) is 0 Å². The van der Waals surface area contributed by atoms with Crippen molar-refractivity contribution in [2.75, 3.05) is 0 Å². The van der Waals surface area contributed by atoms with Crippen LogP contribution >= 0.6 is 0 Å². The molecule has 0 radical (unpaired) electrons. The molecule has 0 saturated heterocycles. The maximum Gasteiger partial charge on any atom is 0.129 e. The fourth-order valence-electron chi connectivity index (χ4n) is 1.15. The monoisotopic (exact) mass is 178 g/mol. The van der Waals surface area contributed by atoms with Crippen LogP contribution in [0.5, 0.6) is 5.75 Å². The molecule has 64 valence electrons. The van der Waals surface area contributed by atoms with Crippen LogP contribution < -0.4 is 9.92 Å². The smallest absolute Gasteiger partial charge is 0.129 e. The van der Waals surface area contributed by atoms with E-state index in [1.165, 1.54) is 22.6 Å². The SMILES string of the molecule is C=COc1ccc([SiH3])c(C)c1C. The molecule has 0 atom stereocenters. The molecule has 0 aromatic heterocycles. The van der Waals surface area contributed by atoms with Crippen LogP contribution in [0.1, 0.15) is 11.1 Å². The Kier molecular flexibility index (Phi) is 2.71. The molecular weight excluding hydrogens is 164 g/mol. The Morgan fingerprint density at radius 2 is 2.00 bits per heavy atom. The van der Waals surface area contributed by atoms with Crippen LogP contribution in [0.2, 0.25) is 0 Å². The molecule has 0 spiro atoms. The summed E-state index contributed by atoms with van der Waals surface area (Å²) in [5.74, 6) is 0.919. The molecule has 0 bridgehead atoms. The first kappa shape index (κ1) is 9.07. The van der Waals surface area contributed by atoms with E-state index in [4.69, 9.17) is 4.74 Å². The van der Waals surface area contributed by atoms with Crippen molar-refractivity contribution in [2.45, 2.75) is 13.8 Å². The first-order chi connectivity index (χ1) is 5.66. The maximum absolute atomic E-state index is 5.25. The molecule has 0 aliphatic rings. The maximum atomic E-state index is 5.25. The topological polar surface area (TPSA) is 9.23 Å². The number of benzene rings is 1. The highest BCUT2D eigenvalue weighted by Gasteiger charge is 2.02. The Bertz CT molecular complexity index is 305. The van der Waals surface area contributed by atoms with Crippen molar-refractivity contribution in [3.8, 4) is 5.75 Å². The summed E-state index contributed by atoms with van der Waals surface area (Å²) in [6, 6.07) is 4.12. The van der Waals surface area contributed by atoms with Gasteiger partial charge in [-0.3, -0.25) is 0 Å². The summed E-state index contributed by atoms with van der Waals surface area (Å²) < 4.78 is 5.25. The lowest BCUT2D eigenvalue weighted by atomic mass is 10.1. The van der Waals surface area contributed by atoms with Crippen molar-refractivity contribution in [1.29, 1.82) is 0 Å². The van der Waals surface area contributed by atoms with Crippen LogP contribution in [-0.2, 0) is 0 Å². The summed E-state index contributed by atoms with van der Waals surface area (Å²) in [5.41, 5.74) is 2.57. The molecule has 12 heavy (non-hydrogen) atoms. The first-order valence-corrected chi connectivity index (χ1v) is 5.01. The van der Waals surface area contributed by atoms with E-state index in [1.807, 2.05) is 6.07 Å². The summed E-state index contributed by atoms with van der Waals surface area (Å²) in [7, 11) is 1.10. The van der Waals surface area contributed by atoms with Crippen LogP contribution in [0, 0.1) is 13.8 Å². The standard InChI is InChI=1S/C10H14OSi/c1-4-11-9-5-6-10(12)8(3)7(9)2/h4-6H,1H2,2-3,12H3. The van der Waals surface area contributed by atoms with Crippen LogP contribution in [0.4, 0.5) is 0 Å². The highest BCUT2D eigenvalue weighted by Crippen LogP contribution is 2.18. The Morgan fingerprint density at radius 1 is 1.33 bits per heavy atom. The zero-order chi connectivity index (χ0) is 9.14. The second-order valence-electron chi connectivity index (χ2n) is 2.92. The van der Waals surface area contributed by atoms with Gasteiger partial charge in [-0.1, -0.05) is 17.8 Å². The number of hydrogen-bond donors (Lipinski definition) is 0. The Balaban J connectivity index is 3.16. The van der Waals surface area contributed by atoms with Crippen molar-refractivity contribution < 1.29 is 4.74 Å². The van der Waals surface area contributed by atoms with E-state index in [-0.39, 0.29) is 0 Å². The molecule has 0 saturated carbocycles. The fourth-order valence-corrected chi connectivity index (χ4v) is 1.69. The third kappa shape index (κ3) is 1.59. The van der Waals surface area contributed by atoms with Gasteiger partial charge in [0.05, 0.1) is 6.26 Å². The molecule has 1 aromatic rings. The zero-order valence-electron chi connectivity index (χ0n) is 7.85. The molecule has 0 heterocycles. The van der Waals surface area contributed by atoms with Gasteiger partial charge in [-0.25, -0.2) is 0 Å². The van der Waals surface area contributed by atoms with Gasteiger partial charge in [-0.15, -0.1) is 0 Å². The van der Waals surface area contributed by atoms with Gasteiger partial charge in [0, 0.05) is 10.2 Å². The van der Waals surface area contributed by atoms with Crippen molar-refractivity contribution in [3.63, 3.8) is 0 Å². The summed E-state index contributed by atoms with van der Waals surface area (Å²) in [4.78, 5) is 0. The highest BCUT2D eigenvalue weighted by molar-refractivity contribution is 6.33. The van der Waals surface area contributed by atoms with Gasteiger partial charge in [0.1, 0.15) is 5.75 Å². The molecular formula is C10H14OSi. The molecule has 0 fully saturated rings. The van der Waals surface area contributed by atoms with Gasteiger partial charge < -0.3 is 4.74 Å². The molecule has 2 heteroatoms. The van der Waals surface area contributed by atoms with Crippen LogP contribution in [0.25, 0.3) is 0 Å². The van der Waals surface area contributed by atoms with E-state index in [0.717, 1.165) is 16.0 Å². The summed E-state index contributed by atoms with van der Waals surface area (Å²) in [5, 5.41) is 1.43. The van der Waals surface area contributed by atoms with Gasteiger partial charge >= 0.3 is 0 Å². The molecule has 0 aliphatic heterocycles. The van der Waals surface area contributed by atoms with Gasteiger partial charge in [0.2, 0.25) is 0 Å². The normalized spacial score (nSPS) is 9.83. The van der Waals surface area contributed by atoms with E-state index in [2.05, 4.69) is 26.5 Å². The van der Waals surface area contributed by atoms with E-state index < -0.39 is 0 Å². The lowest BCUT2D eigenvalue weighted by molar-refractivity contribution is 0.479. The summed E-state index contributed by atoms with van der Waals surface area (Å²) >= 11 is 0. The molecule has 1 rings (SSSR count). The third-order valence-electron chi connectivity index (χ3n) is 2.22. The largest absolute Gasteiger partial charge is 0.465 e. The lowest BCUT2D eigenvalue weighted by Crippen LogP contribution is -2.08. The van der Waals surface area contributed by atoms with E-state index >= 15 is 0 Å². The Morgan fingerprint density at radius 3 is 2.58 bits per heavy atom. The lowest BCUT2D eigenvalue weighted by Gasteiger charge is -2.09. The van der Waals surface area contributed by atoms with Crippen LogP contribution in [0.15, 0.2) is 25.0 Å². The first-order valence-electron chi connectivity index (χ1n) is 4.01. The fraction of sp³-hybridized carbons (Fsp3) is 0.200. The highest BCUT2D eigenvalue weighted by atomic mass is 28.1. The Labute approximate surface area is 76.5 Å². The van der Waals surface area contributed by atoms with E-state index in [1.54, 1.807) is 0 Å². The minimum absolute atomic E-state index is 0.919. The van der Waals surface area contributed by atoms with Crippen molar-refractivity contribution in [1.82, 2.24) is 0 Å². The van der Waals surface area contributed by atoms with Gasteiger partial charge in [0.25, 0.3) is 0 Å². The molecule has 0 unspecified atom stereocenters. The van der Waals surface area contributed by atoms with Gasteiger partial charge in [0.15, 0.2) is 0 Å². The van der Waals surface area contributed by atoms with E-state index in [9.17, 15) is 0 Å². The number of ether oxygens (including phenoxy) is 1. The van der Waals surface area contributed by atoms with Crippen molar-refractivity contribution in [2.24, 2.45) is 0 Å². The Hall–Kier alpha value is -1.02. The van der Waals surface area contributed by atoms with E-state index in [0.29, 0.717) is 0 Å². The second-order valence-corrected chi connectivity index (χ2v) is 3.99. The summed E-state index contributed by atoms with van der Waals surface area (Å²) in [6.07, 6.45) is 1.47. The van der Waals surface area contributed by atoms with Crippen LogP contribution in [-0.4, -0.2) is 10.2 Å². The molecule has 0 aliphatic carbocycles. The number of hydrogen-bond acceptors (Lipinski definition) is 1. The predicted molar refractivity (Wildman–Crippen MR) is 56.3 cm³/mol. The van der Waals surface area contributed by atoms with Crippen molar-refractivity contribution in [3.05, 3.63) is 36.1 Å². The van der Waals surface area contributed by atoms with Crippen molar-refractivity contribution >= 4 is 15.4 Å². The molecule has 1 aromatic carbocycles. The molecule has 0 amide bonds. The predicted octanol–water partition coefficient (Wildman–Crippen LogP) is 0.816. The summed E-state index contributed by atoms with van der Waals surface area (Å²) in [6.45, 7) is 7.75. The van der Waals surface area contributed by atoms with Gasteiger partial charge in [-0.2, -0.15) is 0 Å². The second kappa shape index (κ2) is 3.58. The third-order valence-corrected chi connectivity index (χ3v) is 3.30. The minimum Gasteiger partial charge on any atom is -0.465 e. The van der Waals surface area contributed by atoms with Gasteiger partial charge in [-0.05, 0) is 31.0 Å². The quantitative estimate of drug-likeness (QED) is 0.481. The minimum atomic E-state index is 0.919. The average Bonchev–Trinajstić information content (AvgIpc) is 2.07.